The summed E-state index contributed by atoms with van der Waals surface area (Å²) in [6, 6.07) is 3.96. The first kappa shape index (κ1) is 10.4. The van der Waals surface area contributed by atoms with Crippen LogP contribution < -0.4 is 0 Å². The maximum Gasteiger partial charge on any atom is 0.292 e. The normalized spacial score (nSPS) is 12.1. The molecule has 1 aromatic carbocycles. The lowest BCUT2D eigenvalue weighted by Crippen LogP contribution is -2.13. The standard InChI is InChI=1S/C10H11NO3/c1-7-4-3-5-9(8(7)2)10(6-12)11(13)14/h3-6,10H,1-2H3. The number of aldehydes is 1. The number of aryl methyl sites for hydroxylation is 1. The van der Waals surface area contributed by atoms with E-state index in [0.29, 0.717) is 11.8 Å². The van der Waals surface area contributed by atoms with Crippen LogP contribution >= 0.6 is 0 Å². The molecule has 1 unspecified atom stereocenters. The van der Waals surface area contributed by atoms with Gasteiger partial charge in [0.25, 0.3) is 6.04 Å². The maximum atomic E-state index is 10.6. The van der Waals surface area contributed by atoms with Crippen LogP contribution in [0.5, 0.6) is 0 Å². The molecule has 0 N–H and O–H groups in total. The number of rotatable bonds is 3. The van der Waals surface area contributed by atoms with E-state index >= 15 is 0 Å². The minimum atomic E-state index is -1.24. The molecular weight excluding hydrogens is 182 g/mol. The van der Waals surface area contributed by atoms with Crippen LogP contribution in [0, 0.1) is 24.0 Å². The zero-order valence-electron chi connectivity index (χ0n) is 8.06. The van der Waals surface area contributed by atoms with E-state index in [4.69, 9.17) is 0 Å². The highest BCUT2D eigenvalue weighted by Gasteiger charge is 2.23. The van der Waals surface area contributed by atoms with Gasteiger partial charge in [0.15, 0.2) is 6.29 Å². The van der Waals surface area contributed by atoms with Crippen LogP contribution in [-0.2, 0) is 4.79 Å². The Bertz CT molecular complexity index is 374. The molecule has 0 radical (unpaired) electrons. The number of nitrogens with zero attached hydrogens (tertiary/aromatic N) is 1. The summed E-state index contributed by atoms with van der Waals surface area (Å²) in [6.07, 6.45) is 0.363. The van der Waals surface area contributed by atoms with E-state index in [0.717, 1.165) is 11.1 Å². The Balaban J connectivity index is 3.23. The lowest BCUT2D eigenvalue weighted by molar-refractivity contribution is -0.511. The van der Waals surface area contributed by atoms with Crippen molar-refractivity contribution in [3.8, 4) is 0 Å². The van der Waals surface area contributed by atoms with Gasteiger partial charge in [0, 0.05) is 10.5 Å². The molecular formula is C10H11NO3. The number of benzene rings is 1. The van der Waals surface area contributed by atoms with Crippen molar-refractivity contribution in [2.45, 2.75) is 19.9 Å². The monoisotopic (exact) mass is 193 g/mol. The lowest BCUT2D eigenvalue weighted by Gasteiger charge is -2.08. The Labute approximate surface area is 81.7 Å². The van der Waals surface area contributed by atoms with Gasteiger partial charge < -0.3 is 0 Å². The fourth-order valence-electron chi connectivity index (χ4n) is 1.33. The first-order valence-corrected chi connectivity index (χ1v) is 4.23. The molecule has 0 aliphatic heterocycles. The molecule has 0 heterocycles. The van der Waals surface area contributed by atoms with E-state index in [1.54, 1.807) is 19.1 Å². The summed E-state index contributed by atoms with van der Waals surface area (Å²) in [4.78, 5) is 20.6. The molecule has 0 fully saturated rings. The average Bonchev–Trinajstić information content (AvgIpc) is 2.13. The second-order valence-corrected chi connectivity index (χ2v) is 3.16. The molecule has 0 saturated carbocycles. The smallest absolute Gasteiger partial charge is 0.292 e. The van der Waals surface area contributed by atoms with Crippen molar-refractivity contribution in [1.29, 1.82) is 0 Å². The van der Waals surface area contributed by atoms with Gasteiger partial charge >= 0.3 is 0 Å². The van der Waals surface area contributed by atoms with Gasteiger partial charge in [-0.05, 0) is 25.0 Å². The fraction of sp³-hybridized carbons (Fsp3) is 0.300. The Hall–Kier alpha value is -1.71. The van der Waals surface area contributed by atoms with Gasteiger partial charge in [-0.15, -0.1) is 0 Å². The van der Waals surface area contributed by atoms with Gasteiger partial charge in [-0.3, -0.25) is 14.9 Å². The van der Waals surface area contributed by atoms with Crippen molar-refractivity contribution < 1.29 is 9.72 Å². The molecule has 0 amide bonds. The number of hydrogen-bond donors (Lipinski definition) is 0. The predicted octanol–water partition coefficient (Wildman–Crippen LogP) is 1.82. The summed E-state index contributed by atoms with van der Waals surface area (Å²) in [5, 5.41) is 10.6. The number of carbonyl (C=O) groups is 1. The molecule has 74 valence electrons. The molecule has 0 aromatic heterocycles. The molecule has 1 rings (SSSR count). The van der Waals surface area contributed by atoms with Gasteiger partial charge in [-0.1, -0.05) is 18.2 Å². The molecule has 0 saturated heterocycles. The minimum Gasteiger partial charge on any atom is -0.295 e. The van der Waals surface area contributed by atoms with Gasteiger partial charge in [-0.2, -0.15) is 0 Å². The van der Waals surface area contributed by atoms with Crippen molar-refractivity contribution >= 4 is 6.29 Å². The highest BCUT2D eigenvalue weighted by atomic mass is 16.6. The summed E-state index contributed by atoms with van der Waals surface area (Å²) in [5.74, 6) is 0. The van der Waals surface area contributed by atoms with E-state index in [9.17, 15) is 14.9 Å². The molecule has 0 aliphatic carbocycles. The Morgan fingerprint density at radius 1 is 1.43 bits per heavy atom. The molecule has 14 heavy (non-hydrogen) atoms. The maximum absolute atomic E-state index is 10.6. The number of hydrogen-bond acceptors (Lipinski definition) is 3. The van der Waals surface area contributed by atoms with Crippen LogP contribution in [0.3, 0.4) is 0 Å². The van der Waals surface area contributed by atoms with E-state index in [1.807, 2.05) is 13.0 Å². The molecule has 4 heteroatoms. The Morgan fingerprint density at radius 3 is 2.57 bits per heavy atom. The second kappa shape index (κ2) is 4.00. The van der Waals surface area contributed by atoms with E-state index < -0.39 is 11.0 Å². The third-order valence-corrected chi connectivity index (χ3v) is 2.32. The van der Waals surface area contributed by atoms with E-state index in [-0.39, 0.29) is 0 Å². The quantitative estimate of drug-likeness (QED) is 0.418. The third kappa shape index (κ3) is 1.79. The SMILES string of the molecule is Cc1cccc(C(C=O)[N+](=O)[O-])c1C. The van der Waals surface area contributed by atoms with Crippen molar-refractivity contribution in [2.24, 2.45) is 0 Å². The lowest BCUT2D eigenvalue weighted by atomic mass is 9.99. The minimum absolute atomic E-state index is 0.363. The summed E-state index contributed by atoms with van der Waals surface area (Å²) >= 11 is 0. The number of carbonyl (C=O) groups excluding carboxylic acids is 1. The molecule has 0 bridgehead atoms. The Morgan fingerprint density at radius 2 is 2.07 bits per heavy atom. The second-order valence-electron chi connectivity index (χ2n) is 3.16. The molecule has 4 nitrogen and oxygen atoms in total. The zero-order valence-corrected chi connectivity index (χ0v) is 8.06. The Kier molecular flexibility index (Phi) is 2.96. The first-order valence-electron chi connectivity index (χ1n) is 4.23. The van der Waals surface area contributed by atoms with Crippen LogP contribution in [-0.4, -0.2) is 11.2 Å². The number of nitro groups is 1. The first-order chi connectivity index (χ1) is 6.57. The van der Waals surface area contributed by atoms with E-state index in [2.05, 4.69) is 0 Å². The van der Waals surface area contributed by atoms with Crippen LogP contribution in [0.15, 0.2) is 18.2 Å². The third-order valence-electron chi connectivity index (χ3n) is 2.32. The van der Waals surface area contributed by atoms with Gasteiger partial charge in [0.1, 0.15) is 0 Å². The average molecular weight is 193 g/mol. The van der Waals surface area contributed by atoms with Crippen molar-refractivity contribution in [3.63, 3.8) is 0 Å². The highest BCUT2D eigenvalue weighted by molar-refractivity contribution is 5.61. The summed E-state index contributed by atoms with van der Waals surface area (Å²) in [7, 11) is 0. The zero-order chi connectivity index (χ0) is 10.7. The van der Waals surface area contributed by atoms with Crippen molar-refractivity contribution in [1.82, 2.24) is 0 Å². The molecule has 1 aromatic rings. The van der Waals surface area contributed by atoms with Crippen molar-refractivity contribution in [2.75, 3.05) is 0 Å². The van der Waals surface area contributed by atoms with Gasteiger partial charge in [0.05, 0.1) is 0 Å². The topological polar surface area (TPSA) is 60.2 Å². The van der Waals surface area contributed by atoms with Gasteiger partial charge in [0.2, 0.25) is 0 Å². The van der Waals surface area contributed by atoms with Gasteiger partial charge in [-0.25, -0.2) is 0 Å². The fourth-order valence-corrected chi connectivity index (χ4v) is 1.33. The molecule has 0 aliphatic rings. The molecule has 0 spiro atoms. The van der Waals surface area contributed by atoms with Crippen LogP contribution in [0.2, 0.25) is 0 Å². The molecule has 1 atom stereocenters. The van der Waals surface area contributed by atoms with Crippen molar-refractivity contribution in [3.05, 3.63) is 45.0 Å². The largest absolute Gasteiger partial charge is 0.295 e. The summed E-state index contributed by atoms with van der Waals surface area (Å²) in [5.41, 5.74) is 2.24. The highest BCUT2D eigenvalue weighted by Crippen LogP contribution is 2.20. The van der Waals surface area contributed by atoms with E-state index in [1.165, 1.54) is 0 Å². The van der Waals surface area contributed by atoms with Crippen LogP contribution in [0.1, 0.15) is 22.7 Å². The summed E-state index contributed by atoms with van der Waals surface area (Å²) < 4.78 is 0. The summed E-state index contributed by atoms with van der Waals surface area (Å²) in [6.45, 7) is 3.64. The van der Waals surface area contributed by atoms with Crippen LogP contribution in [0.25, 0.3) is 0 Å². The van der Waals surface area contributed by atoms with Crippen LogP contribution in [0.4, 0.5) is 0 Å². The predicted molar refractivity (Wildman–Crippen MR) is 51.7 cm³/mol.